The Kier molecular flexibility index (Phi) is 11.6. The van der Waals surface area contributed by atoms with E-state index in [0.29, 0.717) is 0 Å². The fourth-order valence-corrected chi connectivity index (χ4v) is 1.94. The van der Waals surface area contributed by atoms with Gasteiger partial charge in [-0.2, -0.15) is 0 Å². The van der Waals surface area contributed by atoms with Crippen LogP contribution in [-0.2, 0) is 0 Å². The first kappa shape index (κ1) is 16.5. The van der Waals surface area contributed by atoms with E-state index in [1.807, 2.05) is 0 Å². The highest BCUT2D eigenvalue weighted by Gasteiger charge is 2.02. The predicted molar refractivity (Wildman–Crippen MR) is 71.0 cm³/mol. The first-order valence-corrected chi connectivity index (χ1v) is 6.87. The molecule has 0 aromatic rings. The molecule has 0 fully saturated rings. The third-order valence-electron chi connectivity index (χ3n) is 2.97. The second-order valence-corrected chi connectivity index (χ2v) is 4.70. The Balaban J connectivity index is 3.18. The van der Waals surface area contributed by atoms with E-state index in [4.69, 9.17) is 5.11 Å². The lowest BCUT2D eigenvalue weighted by atomic mass is 10.0. The van der Waals surface area contributed by atoms with Crippen molar-refractivity contribution in [3.05, 3.63) is 12.3 Å². The first-order chi connectivity index (χ1) is 8.20. The van der Waals surface area contributed by atoms with Crippen LogP contribution in [0, 0.1) is 0 Å². The molecule has 0 aromatic heterocycles. The molecule has 0 aliphatic carbocycles. The minimum Gasteiger partial charge on any atom is -0.516 e. The van der Waals surface area contributed by atoms with E-state index in [-0.39, 0.29) is 6.10 Å². The molecular formula is C14H28O3. The number of aliphatic hydroxyl groups excluding tert-OH is 3. The second kappa shape index (κ2) is 11.9. The van der Waals surface area contributed by atoms with Crippen LogP contribution in [0.2, 0.25) is 0 Å². The maximum absolute atomic E-state index is 9.52. The second-order valence-electron chi connectivity index (χ2n) is 4.70. The molecule has 0 amide bonds. The summed E-state index contributed by atoms with van der Waals surface area (Å²) in [6.07, 6.45) is 10.8. The number of aliphatic hydroxyl groups is 3. The van der Waals surface area contributed by atoms with Crippen LogP contribution >= 0.6 is 0 Å². The summed E-state index contributed by atoms with van der Waals surface area (Å²) in [7, 11) is 0. The topological polar surface area (TPSA) is 60.7 Å². The molecule has 0 heterocycles. The normalized spacial score (nSPS) is 15.2. The van der Waals surface area contributed by atoms with Crippen molar-refractivity contribution in [2.45, 2.75) is 76.9 Å². The minimum absolute atomic E-state index is 0.114. The summed E-state index contributed by atoms with van der Waals surface area (Å²) in [4.78, 5) is 0. The highest BCUT2D eigenvalue weighted by Crippen LogP contribution is 2.12. The molecule has 0 aromatic carbocycles. The van der Waals surface area contributed by atoms with Crippen molar-refractivity contribution in [2.75, 3.05) is 0 Å². The largest absolute Gasteiger partial charge is 0.516 e. The Labute approximate surface area is 105 Å². The van der Waals surface area contributed by atoms with E-state index >= 15 is 0 Å². The summed E-state index contributed by atoms with van der Waals surface area (Å²) >= 11 is 0. The van der Waals surface area contributed by atoms with Gasteiger partial charge in [-0.1, -0.05) is 45.4 Å². The van der Waals surface area contributed by atoms with Gasteiger partial charge in [0.15, 0.2) is 0 Å². The zero-order valence-electron chi connectivity index (χ0n) is 11.0. The van der Waals surface area contributed by atoms with Gasteiger partial charge in [-0.15, -0.1) is 0 Å². The van der Waals surface area contributed by atoms with Crippen molar-refractivity contribution in [1.29, 1.82) is 0 Å². The smallest absolute Gasteiger partial charge is 0.0777 e. The molecule has 0 saturated carbocycles. The molecule has 3 nitrogen and oxygen atoms in total. The van der Waals surface area contributed by atoms with E-state index in [9.17, 15) is 10.2 Å². The number of rotatable bonds is 11. The van der Waals surface area contributed by atoms with Crippen LogP contribution in [0.1, 0.15) is 64.7 Å². The quantitative estimate of drug-likeness (QED) is 0.386. The van der Waals surface area contributed by atoms with Gasteiger partial charge >= 0.3 is 0 Å². The fraction of sp³-hybridized carbons (Fsp3) is 0.857. The first-order valence-electron chi connectivity index (χ1n) is 6.87. The lowest BCUT2D eigenvalue weighted by Crippen LogP contribution is -2.05. The maximum atomic E-state index is 9.52. The van der Waals surface area contributed by atoms with Gasteiger partial charge in [0.25, 0.3) is 0 Å². The highest BCUT2D eigenvalue weighted by atomic mass is 16.3. The summed E-state index contributed by atoms with van der Waals surface area (Å²) in [5.41, 5.74) is 0. The molecule has 2 atom stereocenters. The van der Waals surface area contributed by atoms with Crippen LogP contribution < -0.4 is 0 Å². The molecule has 0 aliphatic heterocycles. The van der Waals surface area contributed by atoms with Crippen LogP contribution in [0.4, 0.5) is 0 Å². The molecule has 0 aliphatic rings. The zero-order valence-corrected chi connectivity index (χ0v) is 11.0. The molecule has 3 heteroatoms. The maximum Gasteiger partial charge on any atom is 0.0777 e. The summed E-state index contributed by atoms with van der Waals surface area (Å²) in [6, 6.07) is 0. The van der Waals surface area contributed by atoms with Gasteiger partial charge in [0.2, 0.25) is 0 Å². The van der Waals surface area contributed by atoms with Crippen LogP contribution in [0.25, 0.3) is 0 Å². The minimum atomic E-state index is -0.508. The molecule has 102 valence electrons. The molecule has 3 N–H and O–H groups in total. The van der Waals surface area contributed by atoms with Gasteiger partial charge in [0.1, 0.15) is 0 Å². The Morgan fingerprint density at radius 1 is 0.882 bits per heavy atom. The Hall–Kier alpha value is -0.540. The standard InChI is InChI=1S/C14H28O3/c1-2-8-13(16)9-6-4-3-5-7-10-14(17)11-12-15/h11-17H,2-10H2,1H3. The van der Waals surface area contributed by atoms with E-state index in [2.05, 4.69) is 6.92 Å². The third-order valence-corrected chi connectivity index (χ3v) is 2.97. The number of hydrogen-bond acceptors (Lipinski definition) is 3. The van der Waals surface area contributed by atoms with Crippen molar-refractivity contribution in [1.82, 2.24) is 0 Å². The average Bonchev–Trinajstić information content (AvgIpc) is 2.28. The summed E-state index contributed by atoms with van der Waals surface area (Å²) in [5, 5.41) is 27.3. The van der Waals surface area contributed by atoms with Crippen LogP contribution in [0.5, 0.6) is 0 Å². The Bertz CT molecular complexity index is 180. The molecule has 2 unspecified atom stereocenters. The van der Waals surface area contributed by atoms with E-state index in [0.717, 1.165) is 64.0 Å². The third kappa shape index (κ3) is 11.7. The van der Waals surface area contributed by atoms with E-state index in [1.165, 1.54) is 6.08 Å². The molecule has 0 radical (unpaired) electrons. The van der Waals surface area contributed by atoms with Gasteiger partial charge in [-0.05, 0) is 25.3 Å². The van der Waals surface area contributed by atoms with Crippen LogP contribution in [0.15, 0.2) is 12.3 Å². The van der Waals surface area contributed by atoms with E-state index < -0.39 is 6.10 Å². The van der Waals surface area contributed by atoms with Gasteiger partial charge in [-0.25, -0.2) is 0 Å². The van der Waals surface area contributed by atoms with Crippen LogP contribution in [0.3, 0.4) is 0 Å². The summed E-state index contributed by atoms with van der Waals surface area (Å²) in [6.45, 7) is 2.09. The Morgan fingerprint density at radius 3 is 2.06 bits per heavy atom. The highest BCUT2D eigenvalue weighted by molar-refractivity contribution is 4.81. The molecule has 0 rings (SSSR count). The van der Waals surface area contributed by atoms with Crippen LogP contribution in [-0.4, -0.2) is 27.5 Å². The monoisotopic (exact) mass is 244 g/mol. The predicted octanol–water partition coefficient (Wildman–Crippen LogP) is 3.31. The lowest BCUT2D eigenvalue weighted by Gasteiger charge is -2.08. The van der Waals surface area contributed by atoms with Crippen molar-refractivity contribution in [3.63, 3.8) is 0 Å². The van der Waals surface area contributed by atoms with Crippen molar-refractivity contribution >= 4 is 0 Å². The molecule has 17 heavy (non-hydrogen) atoms. The molecule has 0 spiro atoms. The van der Waals surface area contributed by atoms with Crippen molar-refractivity contribution in [3.8, 4) is 0 Å². The SMILES string of the molecule is CCCC(O)CCCCCCCC(O)C=CO. The molecule has 0 saturated heterocycles. The van der Waals surface area contributed by atoms with E-state index in [1.54, 1.807) is 0 Å². The van der Waals surface area contributed by atoms with Gasteiger partial charge in [0, 0.05) is 0 Å². The Morgan fingerprint density at radius 2 is 1.47 bits per heavy atom. The summed E-state index contributed by atoms with van der Waals surface area (Å²) in [5.74, 6) is 0. The van der Waals surface area contributed by atoms with Gasteiger partial charge in [-0.3, -0.25) is 0 Å². The van der Waals surface area contributed by atoms with Crippen molar-refractivity contribution in [2.24, 2.45) is 0 Å². The lowest BCUT2D eigenvalue weighted by molar-refractivity contribution is 0.150. The summed E-state index contributed by atoms with van der Waals surface area (Å²) < 4.78 is 0. The van der Waals surface area contributed by atoms with Crippen molar-refractivity contribution < 1.29 is 15.3 Å². The van der Waals surface area contributed by atoms with Gasteiger partial charge < -0.3 is 15.3 Å². The zero-order chi connectivity index (χ0) is 12.9. The van der Waals surface area contributed by atoms with Gasteiger partial charge in [0.05, 0.1) is 18.5 Å². The number of hydrogen-bond donors (Lipinski definition) is 3. The molecular weight excluding hydrogens is 216 g/mol. The fourth-order valence-electron chi connectivity index (χ4n) is 1.94. The molecule has 0 bridgehead atoms. The number of unbranched alkanes of at least 4 members (excludes halogenated alkanes) is 4. The average molecular weight is 244 g/mol.